The smallest absolute Gasteiger partial charge is 0.143 e. The van der Waals surface area contributed by atoms with E-state index in [1.165, 1.54) is 44.5 Å². The van der Waals surface area contributed by atoms with Crippen LogP contribution in [0.4, 0.5) is 17.1 Å². The molecular formula is C53H41NO. The molecule has 1 heterocycles. The molecule has 1 unspecified atom stereocenters. The molecule has 0 spiro atoms. The maximum absolute atomic E-state index is 6.44. The second-order valence-corrected chi connectivity index (χ2v) is 15.2. The van der Waals surface area contributed by atoms with Crippen LogP contribution in [-0.4, -0.2) is 0 Å². The summed E-state index contributed by atoms with van der Waals surface area (Å²) >= 11 is 0. The van der Waals surface area contributed by atoms with Crippen molar-refractivity contribution >= 4 is 39.0 Å². The van der Waals surface area contributed by atoms with Crippen LogP contribution in [0, 0.1) is 12.8 Å². The minimum Gasteiger partial charge on any atom is -0.455 e. The Morgan fingerprint density at radius 2 is 1.04 bits per heavy atom. The van der Waals surface area contributed by atoms with Crippen LogP contribution in [0.15, 0.2) is 192 Å². The summed E-state index contributed by atoms with van der Waals surface area (Å²) in [7, 11) is 0. The van der Waals surface area contributed by atoms with Crippen LogP contribution in [-0.2, 0) is 5.41 Å². The van der Waals surface area contributed by atoms with Crippen molar-refractivity contribution in [2.24, 2.45) is 5.92 Å². The van der Waals surface area contributed by atoms with Gasteiger partial charge in [0.25, 0.3) is 0 Å². The van der Waals surface area contributed by atoms with Crippen LogP contribution in [0.1, 0.15) is 36.1 Å². The van der Waals surface area contributed by atoms with E-state index in [0.29, 0.717) is 5.92 Å². The van der Waals surface area contributed by atoms with Crippen molar-refractivity contribution in [3.63, 3.8) is 0 Å². The molecule has 0 bridgehead atoms. The van der Waals surface area contributed by atoms with Gasteiger partial charge in [0.15, 0.2) is 0 Å². The Bertz CT molecular complexity index is 2830. The summed E-state index contributed by atoms with van der Waals surface area (Å²) in [6, 6.07) is 68.6. The van der Waals surface area contributed by atoms with Crippen molar-refractivity contribution in [3.8, 4) is 33.4 Å². The first-order valence-corrected chi connectivity index (χ1v) is 19.3. The Morgan fingerprint density at radius 3 is 1.78 bits per heavy atom. The zero-order valence-electron chi connectivity index (χ0n) is 31.3. The van der Waals surface area contributed by atoms with E-state index in [1.807, 2.05) is 12.1 Å². The molecule has 0 fully saturated rings. The van der Waals surface area contributed by atoms with Crippen LogP contribution >= 0.6 is 0 Å². The average molecular weight is 708 g/mol. The summed E-state index contributed by atoms with van der Waals surface area (Å²) in [4.78, 5) is 2.41. The average Bonchev–Trinajstić information content (AvgIpc) is 3.76. The minimum atomic E-state index is -0.298. The Morgan fingerprint density at radius 1 is 0.455 bits per heavy atom. The quantitative estimate of drug-likeness (QED) is 0.164. The lowest BCUT2D eigenvalue weighted by Crippen LogP contribution is -2.33. The number of rotatable bonds is 7. The van der Waals surface area contributed by atoms with Gasteiger partial charge in [-0.15, -0.1) is 0 Å². The second kappa shape index (κ2) is 13.0. The fourth-order valence-corrected chi connectivity index (χ4v) is 9.17. The van der Waals surface area contributed by atoms with Crippen molar-refractivity contribution < 1.29 is 4.42 Å². The highest BCUT2D eigenvalue weighted by Gasteiger charge is 2.47. The summed E-state index contributed by atoms with van der Waals surface area (Å²) in [5.41, 5.74) is 17.4. The number of hydrogen-bond acceptors (Lipinski definition) is 2. The highest BCUT2D eigenvalue weighted by atomic mass is 16.3. The van der Waals surface area contributed by atoms with E-state index in [1.54, 1.807) is 0 Å². The maximum Gasteiger partial charge on any atom is 0.143 e. The molecule has 0 amide bonds. The zero-order valence-corrected chi connectivity index (χ0v) is 31.3. The summed E-state index contributed by atoms with van der Waals surface area (Å²) in [5, 5.41) is 2.28. The molecule has 0 aliphatic heterocycles. The molecule has 1 aliphatic rings. The summed E-state index contributed by atoms with van der Waals surface area (Å²) in [6.45, 7) is 6.92. The van der Waals surface area contributed by atoms with Crippen molar-refractivity contribution in [3.05, 3.63) is 210 Å². The normalized spacial score (nSPS) is 14.7. The molecule has 10 rings (SSSR count). The van der Waals surface area contributed by atoms with E-state index >= 15 is 0 Å². The standard InChI is InChI=1S/C53H41NO/c1-35(2)53(40-26-20-36(3)21-27-40)49-18-9-7-14-45(49)46-33-32-43(34-50(46)53)54(41-28-22-38(23-29-41)37-12-5-4-6-13-37)42-30-24-39(25-31-42)44-16-11-17-48-47-15-8-10-19-51(47)55-52(44)48/h4-35H,1-3H3. The highest BCUT2D eigenvalue weighted by molar-refractivity contribution is 6.09. The molecule has 0 radical (unpaired) electrons. The Labute approximate surface area is 323 Å². The first kappa shape index (κ1) is 33.0. The number of aryl methyl sites for hydroxylation is 1. The monoisotopic (exact) mass is 707 g/mol. The van der Waals surface area contributed by atoms with Gasteiger partial charge in [-0.05, 0) is 99.8 Å². The van der Waals surface area contributed by atoms with Crippen LogP contribution in [0.2, 0.25) is 0 Å². The van der Waals surface area contributed by atoms with Crippen LogP contribution < -0.4 is 4.90 Å². The molecule has 1 aliphatic carbocycles. The lowest BCUT2D eigenvalue weighted by molar-refractivity contribution is 0.447. The molecule has 1 atom stereocenters. The largest absolute Gasteiger partial charge is 0.455 e. The SMILES string of the molecule is Cc1ccc(C2(C(C)C)c3ccccc3-c3ccc(N(c4ccc(-c5ccccc5)cc4)c4ccc(-c5cccc6c5oc5ccccc56)cc4)cc32)cc1. The van der Waals surface area contributed by atoms with Crippen LogP contribution in [0.3, 0.4) is 0 Å². The lowest BCUT2D eigenvalue weighted by Gasteiger charge is -2.38. The van der Waals surface area contributed by atoms with Gasteiger partial charge in [0, 0.05) is 38.8 Å². The third-order valence-corrected chi connectivity index (χ3v) is 11.8. The van der Waals surface area contributed by atoms with Gasteiger partial charge < -0.3 is 9.32 Å². The highest BCUT2D eigenvalue weighted by Crippen LogP contribution is 2.57. The molecule has 1 aromatic heterocycles. The Hall–Kier alpha value is -6.64. The van der Waals surface area contributed by atoms with Gasteiger partial charge in [0.1, 0.15) is 11.2 Å². The van der Waals surface area contributed by atoms with Crippen molar-refractivity contribution in [1.29, 1.82) is 0 Å². The molecule has 2 nitrogen and oxygen atoms in total. The van der Waals surface area contributed by atoms with Crippen LogP contribution in [0.25, 0.3) is 55.3 Å². The summed E-state index contributed by atoms with van der Waals surface area (Å²) in [6.07, 6.45) is 0. The van der Waals surface area contributed by atoms with Crippen molar-refractivity contribution in [2.75, 3.05) is 4.90 Å². The molecule has 0 saturated heterocycles. The van der Waals surface area contributed by atoms with E-state index in [-0.39, 0.29) is 5.41 Å². The lowest BCUT2D eigenvalue weighted by atomic mass is 9.65. The van der Waals surface area contributed by atoms with Gasteiger partial charge in [-0.2, -0.15) is 0 Å². The summed E-state index contributed by atoms with van der Waals surface area (Å²) in [5.74, 6) is 0.312. The molecule has 0 saturated carbocycles. The second-order valence-electron chi connectivity index (χ2n) is 15.2. The van der Waals surface area contributed by atoms with Gasteiger partial charge in [-0.1, -0.05) is 165 Å². The molecule has 8 aromatic carbocycles. The molecule has 264 valence electrons. The Balaban J connectivity index is 1.14. The van der Waals surface area contributed by atoms with Crippen molar-refractivity contribution in [1.82, 2.24) is 0 Å². The van der Waals surface area contributed by atoms with E-state index < -0.39 is 0 Å². The molecule has 55 heavy (non-hydrogen) atoms. The molecular weight excluding hydrogens is 667 g/mol. The predicted octanol–water partition coefficient (Wildman–Crippen LogP) is 14.7. The number of hydrogen-bond donors (Lipinski definition) is 0. The third-order valence-electron chi connectivity index (χ3n) is 11.8. The fourth-order valence-electron chi connectivity index (χ4n) is 9.17. The number of anilines is 3. The minimum absolute atomic E-state index is 0.298. The van der Waals surface area contributed by atoms with E-state index in [0.717, 1.165) is 50.1 Å². The van der Waals surface area contributed by atoms with E-state index in [2.05, 4.69) is 202 Å². The van der Waals surface area contributed by atoms with Gasteiger partial charge in [0.2, 0.25) is 0 Å². The number of para-hydroxylation sites is 2. The predicted molar refractivity (Wildman–Crippen MR) is 231 cm³/mol. The van der Waals surface area contributed by atoms with Gasteiger partial charge >= 0.3 is 0 Å². The van der Waals surface area contributed by atoms with E-state index in [9.17, 15) is 0 Å². The number of fused-ring (bicyclic) bond motifs is 6. The molecule has 0 N–H and O–H groups in total. The number of furan rings is 1. The molecule has 9 aromatic rings. The van der Waals surface area contributed by atoms with Crippen LogP contribution in [0.5, 0.6) is 0 Å². The number of benzene rings is 8. The van der Waals surface area contributed by atoms with Gasteiger partial charge in [-0.3, -0.25) is 0 Å². The molecule has 2 heteroatoms. The third kappa shape index (κ3) is 5.24. The number of nitrogens with zero attached hydrogens (tertiary/aromatic N) is 1. The summed E-state index contributed by atoms with van der Waals surface area (Å²) < 4.78 is 6.44. The first-order valence-electron chi connectivity index (χ1n) is 19.3. The Kier molecular flexibility index (Phi) is 7.81. The van der Waals surface area contributed by atoms with E-state index in [4.69, 9.17) is 4.42 Å². The van der Waals surface area contributed by atoms with Gasteiger partial charge in [0.05, 0.1) is 0 Å². The first-order chi connectivity index (χ1) is 27.0. The fraction of sp³-hybridized carbons (Fsp3) is 0.0943. The maximum atomic E-state index is 6.44. The van der Waals surface area contributed by atoms with Gasteiger partial charge in [-0.25, -0.2) is 0 Å². The topological polar surface area (TPSA) is 16.4 Å². The zero-order chi connectivity index (χ0) is 37.1. The van der Waals surface area contributed by atoms with Crippen molar-refractivity contribution in [2.45, 2.75) is 26.2 Å².